The van der Waals surface area contributed by atoms with Crippen LogP contribution in [0.3, 0.4) is 0 Å². The molecule has 0 amide bonds. The van der Waals surface area contributed by atoms with Crippen LogP contribution in [0.4, 0.5) is 0 Å². The molecule has 0 atom stereocenters. The lowest BCUT2D eigenvalue weighted by Gasteiger charge is -2.26. The predicted molar refractivity (Wildman–Crippen MR) is 54.0 cm³/mol. The minimum absolute atomic E-state index is 0.517. The summed E-state index contributed by atoms with van der Waals surface area (Å²) in [4.78, 5) is 0. The first-order valence-corrected chi connectivity index (χ1v) is 5.14. The van der Waals surface area contributed by atoms with Crippen LogP contribution in [0.5, 0.6) is 0 Å². The van der Waals surface area contributed by atoms with Gasteiger partial charge < -0.3 is 5.73 Å². The van der Waals surface area contributed by atoms with E-state index in [1.165, 1.54) is 38.5 Å². The van der Waals surface area contributed by atoms with Crippen molar-refractivity contribution >= 4 is 0 Å². The third-order valence-corrected chi connectivity index (χ3v) is 3.21. The fraction of sp³-hybridized carbons (Fsp3) is 0.818. The van der Waals surface area contributed by atoms with Crippen molar-refractivity contribution in [3.05, 3.63) is 12.7 Å². The first kappa shape index (κ1) is 9.79. The minimum atomic E-state index is 0.517. The molecular weight excluding hydrogens is 146 g/mol. The molecule has 0 aromatic rings. The molecule has 0 spiro atoms. The Morgan fingerprint density at radius 2 is 2.00 bits per heavy atom. The Kier molecular flexibility index (Phi) is 3.80. The summed E-state index contributed by atoms with van der Waals surface area (Å²) in [5.74, 6) is 0. The second kappa shape index (κ2) is 4.66. The summed E-state index contributed by atoms with van der Waals surface area (Å²) in [7, 11) is 0. The van der Waals surface area contributed by atoms with Gasteiger partial charge in [-0.25, -0.2) is 0 Å². The predicted octanol–water partition coefficient (Wildman–Crippen LogP) is 2.86. The van der Waals surface area contributed by atoms with Crippen molar-refractivity contribution in [1.82, 2.24) is 0 Å². The van der Waals surface area contributed by atoms with Crippen LogP contribution < -0.4 is 5.73 Å². The minimum Gasteiger partial charge on any atom is -0.330 e. The summed E-state index contributed by atoms with van der Waals surface area (Å²) in [6, 6.07) is 0. The highest BCUT2D eigenvalue weighted by molar-refractivity contribution is 4.86. The number of hydrogen-bond acceptors (Lipinski definition) is 1. The second-order valence-electron chi connectivity index (χ2n) is 4.09. The molecule has 1 aliphatic rings. The largest absolute Gasteiger partial charge is 0.330 e. The fourth-order valence-electron chi connectivity index (χ4n) is 2.30. The van der Waals surface area contributed by atoms with Crippen LogP contribution in [-0.2, 0) is 0 Å². The molecular formula is C11H21N. The van der Waals surface area contributed by atoms with Crippen molar-refractivity contribution in [2.24, 2.45) is 11.1 Å². The molecule has 0 aromatic carbocycles. The van der Waals surface area contributed by atoms with Crippen molar-refractivity contribution in [1.29, 1.82) is 0 Å². The smallest absolute Gasteiger partial charge is 0.00205 e. The average molecular weight is 167 g/mol. The Morgan fingerprint density at radius 3 is 2.50 bits per heavy atom. The van der Waals surface area contributed by atoms with Gasteiger partial charge in [-0.3, -0.25) is 0 Å². The highest BCUT2D eigenvalue weighted by Crippen LogP contribution is 2.41. The first-order chi connectivity index (χ1) is 5.83. The molecule has 1 fully saturated rings. The molecule has 0 heterocycles. The van der Waals surface area contributed by atoms with Crippen LogP contribution in [0.25, 0.3) is 0 Å². The van der Waals surface area contributed by atoms with Gasteiger partial charge in [-0.1, -0.05) is 18.9 Å². The van der Waals surface area contributed by atoms with Crippen molar-refractivity contribution in [3.63, 3.8) is 0 Å². The van der Waals surface area contributed by atoms with Gasteiger partial charge in [0.25, 0.3) is 0 Å². The van der Waals surface area contributed by atoms with Crippen LogP contribution in [0.1, 0.15) is 44.9 Å². The third-order valence-electron chi connectivity index (χ3n) is 3.21. The van der Waals surface area contributed by atoms with Gasteiger partial charge >= 0.3 is 0 Å². The summed E-state index contributed by atoms with van der Waals surface area (Å²) < 4.78 is 0. The standard InChI is InChI=1S/C11H21N/c1-2-3-4-7-11(10-12)8-5-6-9-11/h2H,1,3-10,12H2. The Balaban J connectivity index is 2.28. The van der Waals surface area contributed by atoms with E-state index >= 15 is 0 Å². The second-order valence-corrected chi connectivity index (χ2v) is 4.09. The molecule has 1 nitrogen and oxygen atoms in total. The number of allylic oxidation sites excluding steroid dienone is 1. The monoisotopic (exact) mass is 167 g/mol. The summed E-state index contributed by atoms with van der Waals surface area (Å²) in [6.07, 6.45) is 11.3. The summed E-state index contributed by atoms with van der Waals surface area (Å²) in [5.41, 5.74) is 6.34. The highest BCUT2D eigenvalue weighted by atomic mass is 14.6. The van der Waals surface area contributed by atoms with E-state index in [0.717, 1.165) is 13.0 Å². The molecule has 0 unspecified atom stereocenters. The van der Waals surface area contributed by atoms with Crippen LogP contribution in [-0.4, -0.2) is 6.54 Å². The topological polar surface area (TPSA) is 26.0 Å². The first-order valence-electron chi connectivity index (χ1n) is 5.14. The molecule has 0 aliphatic heterocycles. The van der Waals surface area contributed by atoms with Gasteiger partial charge in [0.05, 0.1) is 0 Å². The molecule has 1 saturated carbocycles. The van der Waals surface area contributed by atoms with Gasteiger partial charge in [0.1, 0.15) is 0 Å². The number of rotatable bonds is 5. The maximum Gasteiger partial charge on any atom is -0.00205 e. The van der Waals surface area contributed by atoms with Gasteiger partial charge in [0.2, 0.25) is 0 Å². The van der Waals surface area contributed by atoms with Crippen molar-refractivity contribution in [2.75, 3.05) is 6.54 Å². The summed E-state index contributed by atoms with van der Waals surface area (Å²) >= 11 is 0. The quantitative estimate of drug-likeness (QED) is 0.494. The fourth-order valence-corrected chi connectivity index (χ4v) is 2.30. The summed E-state index contributed by atoms with van der Waals surface area (Å²) in [5, 5.41) is 0. The van der Waals surface area contributed by atoms with Gasteiger partial charge in [0.15, 0.2) is 0 Å². The van der Waals surface area contributed by atoms with E-state index in [4.69, 9.17) is 5.73 Å². The zero-order valence-electron chi connectivity index (χ0n) is 8.02. The molecule has 0 bridgehead atoms. The zero-order valence-corrected chi connectivity index (χ0v) is 8.02. The molecule has 0 saturated heterocycles. The molecule has 70 valence electrons. The van der Waals surface area contributed by atoms with Gasteiger partial charge in [-0.2, -0.15) is 0 Å². The maximum absolute atomic E-state index is 5.83. The van der Waals surface area contributed by atoms with Gasteiger partial charge in [0, 0.05) is 0 Å². The van der Waals surface area contributed by atoms with Crippen molar-refractivity contribution < 1.29 is 0 Å². The average Bonchev–Trinajstić information content (AvgIpc) is 2.55. The van der Waals surface area contributed by atoms with Gasteiger partial charge in [-0.05, 0) is 44.1 Å². The number of nitrogens with two attached hydrogens (primary N) is 1. The SMILES string of the molecule is C=CCCCC1(CN)CCCC1. The van der Waals surface area contributed by atoms with Crippen LogP contribution in [0.2, 0.25) is 0 Å². The van der Waals surface area contributed by atoms with E-state index in [0.29, 0.717) is 5.41 Å². The van der Waals surface area contributed by atoms with Crippen LogP contribution in [0.15, 0.2) is 12.7 Å². The molecule has 2 N–H and O–H groups in total. The molecule has 12 heavy (non-hydrogen) atoms. The number of unbranched alkanes of at least 4 members (excludes halogenated alkanes) is 1. The summed E-state index contributed by atoms with van der Waals surface area (Å²) in [6.45, 7) is 4.64. The highest BCUT2D eigenvalue weighted by Gasteiger charge is 2.31. The van der Waals surface area contributed by atoms with Crippen molar-refractivity contribution in [2.45, 2.75) is 44.9 Å². The Labute approximate surface area is 76.0 Å². The number of hydrogen-bond donors (Lipinski definition) is 1. The Morgan fingerprint density at radius 1 is 1.33 bits per heavy atom. The lowest BCUT2D eigenvalue weighted by molar-refractivity contribution is 0.276. The molecule has 1 rings (SSSR count). The van der Waals surface area contributed by atoms with Crippen molar-refractivity contribution in [3.8, 4) is 0 Å². The molecule has 0 radical (unpaired) electrons. The molecule has 1 aliphatic carbocycles. The van der Waals surface area contributed by atoms with E-state index in [1.54, 1.807) is 0 Å². The molecule has 1 heteroatoms. The normalized spacial score (nSPS) is 21.1. The third kappa shape index (κ3) is 2.34. The Hall–Kier alpha value is -0.300. The maximum atomic E-state index is 5.83. The zero-order chi connectivity index (χ0) is 8.86. The van der Waals surface area contributed by atoms with E-state index in [2.05, 4.69) is 6.58 Å². The Bertz CT molecular complexity index is 134. The van der Waals surface area contributed by atoms with E-state index in [1.807, 2.05) is 6.08 Å². The van der Waals surface area contributed by atoms with Crippen LogP contribution in [0, 0.1) is 5.41 Å². The van der Waals surface area contributed by atoms with E-state index in [9.17, 15) is 0 Å². The lowest BCUT2D eigenvalue weighted by atomic mass is 9.81. The lowest BCUT2D eigenvalue weighted by Crippen LogP contribution is -2.27. The van der Waals surface area contributed by atoms with E-state index in [-0.39, 0.29) is 0 Å². The van der Waals surface area contributed by atoms with E-state index < -0.39 is 0 Å². The molecule has 0 aromatic heterocycles. The van der Waals surface area contributed by atoms with Gasteiger partial charge in [-0.15, -0.1) is 6.58 Å². The van der Waals surface area contributed by atoms with Crippen LogP contribution >= 0.6 is 0 Å².